The van der Waals surface area contributed by atoms with Crippen LogP contribution in [-0.2, 0) is 0 Å². The van der Waals surface area contributed by atoms with E-state index in [0.717, 1.165) is 18.2 Å². The number of amides is 1. The lowest BCUT2D eigenvalue weighted by molar-refractivity contribution is -0.384. The number of methoxy groups -OCH3 is 1. The summed E-state index contributed by atoms with van der Waals surface area (Å²) in [5.41, 5.74) is -0.686. The molecule has 0 aliphatic carbocycles. The summed E-state index contributed by atoms with van der Waals surface area (Å²) in [6.45, 7) is 0. The van der Waals surface area contributed by atoms with Gasteiger partial charge in [-0.3, -0.25) is 15.4 Å². The van der Waals surface area contributed by atoms with Gasteiger partial charge in [-0.1, -0.05) is 0 Å². The Hall–Kier alpha value is -3.16. The van der Waals surface area contributed by atoms with Crippen LogP contribution in [0.5, 0.6) is 11.5 Å². The number of rotatable bonds is 4. The Balaban J connectivity index is 2.08. The van der Waals surface area contributed by atoms with Crippen LogP contribution in [0.3, 0.4) is 0 Å². The largest absolute Gasteiger partial charge is 0.497 e. The van der Waals surface area contributed by atoms with E-state index in [4.69, 9.17) is 9.47 Å². The predicted molar refractivity (Wildman–Crippen MR) is 75.7 cm³/mol. The first-order valence-electron chi connectivity index (χ1n) is 6.06. The van der Waals surface area contributed by atoms with Crippen molar-refractivity contribution < 1.29 is 23.6 Å². The average Bonchev–Trinajstić information content (AvgIpc) is 2.50. The number of halogens is 1. The van der Waals surface area contributed by atoms with E-state index in [1.54, 1.807) is 12.1 Å². The van der Waals surface area contributed by atoms with Gasteiger partial charge in [-0.05, 0) is 30.3 Å². The second-order valence-electron chi connectivity index (χ2n) is 4.11. The van der Waals surface area contributed by atoms with E-state index in [1.165, 1.54) is 19.2 Å². The van der Waals surface area contributed by atoms with Gasteiger partial charge >= 0.3 is 6.09 Å². The molecule has 7 nitrogen and oxygen atoms in total. The summed E-state index contributed by atoms with van der Waals surface area (Å²) >= 11 is 0. The lowest BCUT2D eigenvalue weighted by Crippen LogP contribution is -2.17. The highest BCUT2D eigenvalue weighted by atomic mass is 19.1. The number of benzene rings is 2. The Bertz CT molecular complexity index is 703. The summed E-state index contributed by atoms with van der Waals surface area (Å²) in [6, 6.07) is 8.93. The standard InChI is InChI=1S/C14H11FN2O5/c1-21-10-3-5-11(6-4-10)22-14(18)16-13-8-9(17(19)20)2-7-12(13)15/h2-8H,1H3,(H,16,18). The van der Waals surface area contributed by atoms with Crippen LogP contribution in [0.15, 0.2) is 42.5 Å². The number of non-ortho nitro benzene ring substituents is 1. The summed E-state index contributed by atoms with van der Waals surface area (Å²) in [4.78, 5) is 21.6. The molecular weight excluding hydrogens is 295 g/mol. The third kappa shape index (κ3) is 3.69. The first-order valence-corrected chi connectivity index (χ1v) is 6.06. The number of carbonyl (C=O) groups excluding carboxylic acids is 1. The van der Waals surface area contributed by atoms with E-state index in [2.05, 4.69) is 5.32 Å². The molecule has 0 saturated heterocycles. The fraction of sp³-hybridized carbons (Fsp3) is 0.0714. The van der Waals surface area contributed by atoms with Gasteiger partial charge in [0.15, 0.2) is 0 Å². The molecule has 0 radical (unpaired) electrons. The Morgan fingerprint density at radius 2 is 1.82 bits per heavy atom. The maximum atomic E-state index is 13.5. The second-order valence-corrected chi connectivity index (χ2v) is 4.11. The van der Waals surface area contributed by atoms with E-state index >= 15 is 0 Å². The van der Waals surface area contributed by atoms with Gasteiger partial charge in [0.1, 0.15) is 17.3 Å². The maximum absolute atomic E-state index is 13.5. The molecule has 114 valence electrons. The van der Waals surface area contributed by atoms with Crippen LogP contribution < -0.4 is 14.8 Å². The number of nitrogens with zero attached hydrogens (tertiary/aromatic N) is 1. The van der Waals surface area contributed by atoms with Gasteiger partial charge in [-0.2, -0.15) is 0 Å². The number of anilines is 1. The van der Waals surface area contributed by atoms with E-state index in [1.807, 2.05) is 0 Å². The van der Waals surface area contributed by atoms with Crippen LogP contribution in [0.4, 0.5) is 20.6 Å². The number of hydrogen-bond donors (Lipinski definition) is 1. The van der Waals surface area contributed by atoms with Crippen LogP contribution >= 0.6 is 0 Å². The highest BCUT2D eigenvalue weighted by molar-refractivity contribution is 5.86. The van der Waals surface area contributed by atoms with Gasteiger partial charge in [0.05, 0.1) is 17.7 Å². The summed E-state index contributed by atoms with van der Waals surface area (Å²) in [5.74, 6) is -0.0149. The molecule has 2 rings (SSSR count). The molecule has 0 atom stereocenters. The maximum Gasteiger partial charge on any atom is 0.417 e. The molecule has 0 fully saturated rings. The molecule has 0 bridgehead atoms. The van der Waals surface area contributed by atoms with Crippen LogP contribution in [-0.4, -0.2) is 18.1 Å². The minimum absolute atomic E-state index is 0.212. The van der Waals surface area contributed by atoms with Gasteiger partial charge in [0.25, 0.3) is 5.69 Å². The van der Waals surface area contributed by atoms with E-state index < -0.39 is 16.8 Å². The first-order chi connectivity index (χ1) is 10.5. The lowest BCUT2D eigenvalue weighted by atomic mass is 10.2. The summed E-state index contributed by atoms with van der Waals surface area (Å²) in [5, 5.41) is 12.7. The molecule has 0 spiro atoms. The molecule has 0 saturated carbocycles. The topological polar surface area (TPSA) is 90.7 Å². The highest BCUT2D eigenvalue weighted by Gasteiger charge is 2.14. The molecule has 0 heterocycles. The molecule has 0 aromatic heterocycles. The molecule has 2 aromatic carbocycles. The van der Waals surface area contributed by atoms with Crippen LogP contribution in [0.1, 0.15) is 0 Å². The highest BCUT2D eigenvalue weighted by Crippen LogP contribution is 2.22. The Labute approximate surface area is 124 Å². The number of nitrogens with one attached hydrogen (secondary N) is 1. The molecule has 0 aliphatic heterocycles. The Morgan fingerprint density at radius 1 is 1.18 bits per heavy atom. The Kier molecular flexibility index (Phi) is 4.52. The lowest BCUT2D eigenvalue weighted by Gasteiger charge is -2.08. The van der Waals surface area contributed by atoms with Crippen molar-refractivity contribution >= 4 is 17.5 Å². The average molecular weight is 306 g/mol. The number of hydrogen-bond acceptors (Lipinski definition) is 5. The zero-order valence-electron chi connectivity index (χ0n) is 11.4. The van der Waals surface area contributed by atoms with E-state index in [9.17, 15) is 19.3 Å². The summed E-state index contributed by atoms with van der Waals surface area (Å²) in [6.07, 6.45) is -0.968. The Morgan fingerprint density at radius 3 is 2.41 bits per heavy atom. The van der Waals surface area contributed by atoms with Crippen molar-refractivity contribution in [2.24, 2.45) is 0 Å². The number of nitro benzene ring substituents is 1. The zero-order chi connectivity index (χ0) is 16.1. The van der Waals surface area contributed by atoms with Crippen molar-refractivity contribution in [3.63, 3.8) is 0 Å². The fourth-order valence-corrected chi connectivity index (χ4v) is 1.61. The molecular formula is C14H11FN2O5. The summed E-state index contributed by atoms with van der Waals surface area (Å²) < 4.78 is 23.4. The van der Waals surface area contributed by atoms with Crippen molar-refractivity contribution in [2.45, 2.75) is 0 Å². The molecule has 0 aliphatic rings. The van der Waals surface area contributed by atoms with Gasteiger partial charge in [0, 0.05) is 12.1 Å². The van der Waals surface area contributed by atoms with Crippen LogP contribution in [0.25, 0.3) is 0 Å². The van der Waals surface area contributed by atoms with Crippen LogP contribution in [0.2, 0.25) is 0 Å². The van der Waals surface area contributed by atoms with E-state index in [0.29, 0.717) is 5.75 Å². The number of nitro groups is 1. The molecule has 0 unspecified atom stereocenters. The molecule has 8 heteroatoms. The number of ether oxygens (including phenoxy) is 2. The third-order valence-corrected chi connectivity index (χ3v) is 2.67. The quantitative estimate of drug-likeness (QED) is 0.691. The molecule has 1 amide bonds. The van der Waals surface area contributed by atoms with Crippen molar-refractivity contribution in [3.8, 4) is 11.5 Å². The molecule has 22 heavy (non-hydrogen) atoms. The van der Waals surface area contributed by atoms with E-state index in [-0.39, 0.29) is 17.1 Å². The summed E-state index contributed by atoms with van der Waals surface area (Å²) in [7, 11) is 1.49. The van der Waals surface area contributed by atoms with Crippen molar-refractivity contribution in [2.75, 3.05) is 12.4 Å². The fourth-order valence-electron chi connectivity index (χ4n) is 1.61. The van der Waals surface area contributed by atoms with Gasteiger partial charge < -0.3 is 9.47 Å². The minimum Gasteiger partial charge on any atom is -0.497 e. The SMILES string of the molecule is COc1ccc(OC(=O)Nc2cc([N+](=O)[O-])ccc2F)cc1. The van der Waals surface area contributed by atoms with Crippen molar-refractivity contribution in [3.05, 3.63) is 58.4 Å². The smallest absolute Gasteiger partial charge is 0.417 e. The normalized spacial score (nSPS) is 9.91. The van der Waals surface area contributed by atoms with Crippen molar-refractivity contribution in [1.82, 2.24) is 0 Å². The van der Waals surface area contributed by atoms with Gasteiger partial charge in [-0.25, -0.2) is 9.18 Å². The number of carbonyl (C=O) groups is 1. The zero-order valence-corrected chi connectivity index (χ0v) is 11.4. The second kappa shape index (κ2) is 6.53. The predicted octanol–water partition coefficient (Wildman–Crippen LogP) is 3.35. The third-order valence-electron chi connectivity index (χ3n) is 2.67. The monoisotopic (exact) mass is 306 g/mol. The molecule has 2 aromatic rings. The van der Waals surface area contributed by atoms with Crippen molar-refractivity contribution in [1.29, 1.82) is 0 Å². The molecule has 1 N–H and O–H groups in total. The first kappa shape index (κ1) is 15.2. The van der Waals surface area contributed by atoms with Gasteiger partial charge in [-0.15, -0.1) is 0 Å². The van der Waals surface area contributed by atoms with Crippen LogP contribution in [0, 0.1) is 15.9 Å². The minimum atomic E-state index is -0.968. The van der Waals surface area contributed by atoms with Gasteiger partial charge in [0.2, 0.25) is 0 Å².